The van der Waals surface area contributed by atoms with Gasteiger partial charge in [0.1, 0.15) is 5.75 Å². The minimum atomic E-state index is -0.378. The fourth-order valence-electron chi connectivity index (χ4n) is 2.92. The summed E-state index contributed by atoms with van der Waals surface area (Å²) in [6.07, 6.45) is 6.53. The molecule has 5 heteroatoms. The van der Waals surface area contributed by atoms with Crippen molar-refractivity contribution in [3.05, 3.63) is 35.5 Å². The maximum Gasteiger partial charge on any atom is 0.413 e. The highest BCUT2D eigenvalue weighted by atomic mass is 16.5. The molecule has 0 spiro atoms. The largest absolute Gasteiger partial charge is 0.493 e. The normalized spacial score (nSPS) is 19.2. The zero-order chi connectivity index (χ0) is 15.5. The van der Waals surface area contributed by atoms with Crippen LogP contribution in [0.2, 0.25) is 0 Å². The third kappa shape index (κ3) is 2.84. The first kappa shape index (κ1) is 14.6. The predicted molar refractivity (Wildman–Crippen MR) is 85.9 cm³/mol. The van der Waals surface area contributed by atoms with E-state index in [1.165, 1.54) is 12.0 Å². The highest BCUT2D eigenvalue weighted by Crippen LogP contribution is 2.40. The molecule has 0 radical (unpaired) electrons. The van der Waals surface area contributed by atoms with E-state index in [1.54, 1.807) is 7.05 Å². The number of hydrogen-bond donors (Lipinski definition) is 0. The van der Waals surface area contributed by atoms with Gasteiger partial charge in [0, 0.05) is 31.1 Å². The Hall–Kier alpha value is -2.30. The molecule has 0 N–H and O–H groups in total. The Labute approximate surface area is 130 Å². The number of amides is 1. The molecule has 0 saturated carbocycles. The van der Waals surface area contributed by atoms with Gasteiger partial charge in [-0.25, -0.2) is 4.79 Å². The van der Waals surface area contributed by atoms with Crippen molar-refractivity contribution in [3.63, 3.8) is 0 Å². The molecule has 2 aliphatic heterocycles. The molecular weight excluding hydrogens is 280 g/mol. The Morgan fingerprint density at radius 1 is 1.50 bits per heavy atom. The van der Waals surface area contributed by atoms with Gasteiger partial charge in [-0.3, -0.25) is 9.89 Å². The van der Waals surface area contributed by atoms with E-state index >= 15 is 0 Å². The van der Waals surface area contributed by atoms with E-state index in [2.05, 4.69) is 11.1 Å². The number of hydrogen-bond acceptors (Lipinski definition) is 4. The van der Waals surface area contributed by atoms with Gasteiger partial charge in [0.25, 0.3) is 0 Å². The van der Waals surface area contributed by atoms with Crippen LogP contribution in [0.1, 0.15) is 30.7 Å². The highest BCUT2D eigenvalue weighted by Gasteiger charge is 2.24. The number of benzene rings is 1. The van der Waals surface area contributed by atoms with Gasteiger partial charge in [-0.1, -0.05) is 6.08 Å². The van der Waals surface area contributed by atoms with Crippen molar-refractivity contribution in [2.75, 3.05) is 25.7 Å². The number of anilines is 1. The van der Waals surface area contributed by atoms with Crippen LogP contribution in [0.3, 0.4) is 0 Å². The van der Waals surface area contributed by atoms with Crippen molar-refractivity contribution in [3.8, 4) is 5.75 Å². The Kier molecular flexibility index (Phi) is 4.13. The minimum Gasteiger partial charge on any atom is -0.493 e. The number of carbonyl (C=O) groups excluding carboxylic acids is 1. The van der Waals surface area contributed by atoms with Crippen molar-refractivity contribution in [2.24, 2.45) is 4.99 Å². The van der Waals surface area contributed by atoms with Crippen molar-refractivity contribution in [1.82, 2.24) is 0 Å². The van der Waals surface area contributed by atoms with E-state index in [0.717, 1.165) is 48.6 Å². The number of methoxy groups -OCH3 is 1. The molecule has 3 rings (SSSR count). The van der Waals surface area contributed by atoms with Crippen molar-refractivity contribution < 1.29 is 14.3 Å². The topological polar surface area (TPSA) is 51.1 Å². The summed E-state index contributed by atoms with van der Waals surface area (Å²) in [6, 6.07) is 5.84. The number of nitrogens with zero attached hydrogens (tertiary/aromatic N) is 2. The number of rotatable bonds is 3. The lowest BCUT2D eigenvalue weighted by Gasteiger charge is -2.27. The number of allylic oxidation sites excluding steroid dienone is 2. The number of ether oxygens (including phenoxy) is 2. The highest BCUT2D eigenvalue weighted by molar-refractivity contribution is 5.87. The molecule has 1 atom stereocenters. The van der Waals surface area contributed by atoms with E-state index in [-0.39, 0.29) is 6.09 Å². The Bertz CT molecular complexity index is 637. The zero-order valence-corrected chi connectivity index (χ0v) is 12.9. The molecule has 1 aromatic rings. The van der Waals surface area contributed by atoms with Gasteiger partial charge in [0.15, 0.2) is 0 Å². The average Bonchev–Trinajstić information content (AvgIpc) is 3.06. The second-order valence-corrected chi connectivity index (χ2v) is 5.53. The maximum absolute atomic E-state index is 11.7. The number of aliphatic imine (C=N–C) groups is 1. The van der Waals surface area contributed by atoms with Gasteiger partial charge in [0.05, 0.1) is 13.7 Å². The zero-order valence-electron chi connectivity index (χ0n) is 12.9. The van der Waals surface area contributed by atoms with Crippen LogP contribution < -0.4 is 9.64 Å². The summed E-state index contributed by atoms with van der Waals surface area (Å²) in [4.78, 5) is 17.6. The van der Waals surface area contributed by atoms with Gasteiger partial charge >= 0.3 is 6.09 Å². The first-order chi connectivity index (χ1) is 10.7. The van der Waals surface area contributed by atoms with Crippen LogP contribution >= 0.6 is 0 Å². The lowest BCUT2D eigenvalue weighted by Crippen LogP contribution is -2.26. The third-order valence-electron chi connectivity index (χ3n) is 4.16. The molecular formula is C17H20N2O3. The Balaban J connectivity index is 1.87. The second-order valence-electron chi connectivity index (χ2n) is 5.53. The van der Waals surface area contributed by atoms with Crippen LogP contribution in [0.4, 0.5) is 10.5 Å². The van der Waals surface area contributed by atoms with E-state index in [9.17, 15) is 4.79 Å². The summed E-state index contributed by atoms with van der Waals surface area (Å²) in [6.45, 7) is 0.723. The molecule has 0 fully saturated rings. The van der Waals surface area contributed by atoms with Crippen LogP contribution in [-0.4, -0.2) is 33.1 Å². The minimum absolute atomic E-state index is 0.372. The number of fused-ring (bicyclic) bond motifs is 1. The molecule has 1 unspecified atom stereocenters. The SMILES string of the molecule is COC(=O)N(C)c1ccc2c(c1)C(CC1=CCC=N1)CCO2. The first-order valence-corrected chi connectivity index (χ1v) is 7.49. The van der Waals surface area contributed by atoms with E-state index < -0.39 is 0 Å². The summed E-state index contributed by atoms with van der Waals surface area (Å²) in [7, 11) is 3.09. The summed E-state index contributed by atoms with van der Waals surface area (Å²) in [5.41, 5.74) is 3.09. The molecule has 1 amide bonds. The molecule has 2 heterocycles. The monoisotopic (exact) mass is 300 g/mol. The quantitative estimate of drug-likeness (QED) is 0.858. The Morgan fingerprint density at radius 2 is 2.36 bits per heavy atom. The molecule has 0 aliphatic carbocycles. The standard InChI is InChI=1S/C17H20N2O3/c1-19(17(20)21-2)14-5-6-16-15(11-14)12(7-9-22-16)10-13-4-3-8-18-13/h4-6,8,11-12H,3,7,9-10H2,1-2H3. The molecule has 0 saturated heterocycles. The van der Waals surface area contributed by atoms with Crippen LogP contribution in [-0.2, 0) is 4.74 Å². The lowest BCUT2D eigenvalue weighted by atomic mass is 9.88. The summed E-state index contributed by atoms with van der Waals surface area (Å²) >= 11 is 0. The maximum atomic E-state index is 11.7. The molecule has 5 nitrogen and oxygen atoms in total. The van der Waals surface area contributed by atoms with Crippen molar-refractivity contribution >= 4 is 18.0 Å². The Morgan fingerprint density at radius 3 is 3.09 bits per heavy atom. The molecule has 1 aromatic carbocycles. The summed E-state index contributed by atoms with van der Waals surface area (Å²) in [5.74, 6) is 1.28. The number of carbonyl (C=O) groups is 1. The lowest BCUT2D eigenvalue weighted by molar-refractivity contribution is 0.180. The van der Waals surface area contributed by atoms with Gasteiger partial charge < -0.3 is 9.47 Å². The summed E-state index contributed by atoms with van der Waals surface area (Å²) < 4.78 is 10.5. The van der Waals surface area contributed by atoms with Crippen molar-refractivity contribution in [2.45, 2.75) is 25.2 Å². The smallest absolute Gasteiger partial charge is 0.413 e. The molecule has 22 heavy (non-hydrogen) atoms. The van der Waals surface area contributed by atoms with Crippen molar-refractivity contribution in [1.29, 1.82) is 0 Å². The van der Waals surface area contributed by atoms with E-state index in [1.807, 2.05) is 24.4 Å². The predicted octanol–water partition coefficient (Wildman–Crippen LogP) is 3.50. The van der Waals surface area contributed by atoms with Crippen LogP contribution in [0, 0.1) is 0 Å². The average molecular weight is 300 g/mol. The van der Waals surface area contributed by atoms with Crippen LogP contribution in [0.5, 0.6) is 5.75 Å². The van der Waals surface area contributed by atoms with Gasteiger partial charge in [-0.05, 0) is 42.5 Å². The van der Waals surface area contributed by atoms with Gasteiger partial charge in [-0.2, -0.15) is 0 Å². The molecule has 0 bridgehead atoms. The van der Waals surface area contributed by atoms with Gasteiger partial charge in [0.2, 0.25) is 0 Å². The fourth-order valence-corrected chi connectivity index (χ4v) is 2.92. The second kappa shape index (κ2) is 6.22. The van der Waals surface area contributed by atoms with Gasteiger partial charge in [-0.15, -0.1) is 0 Å². The molecule has 116 valence electrons. The summed E-state index contributed by atoms with van der Waals surface area (Å²) in [5, 5.41) is 0. The van der Waals surface area contributed by atoms with E-state index in [4.69, 9.17) is 9.47 Å². The molecule has 2 aliphatic rings. The van der Waals surface area contributed by atoms with Crippen LogP contribution in [0.25, 0.3) is 0 Å². The first-order valence-electron chi connectivity index (χ1n) is 7.49. The fraction of sp³-hybridized carbons (Fsp3) is 0.412. The third-order valence-corrected chi connectivity index (χ3v) is 4.16. The molecule has 0 aromatic heterocycles. The van der Waals surface area contributed by atoms with E-state index in [0.29, 0.717) is 5.92 Å². The van der Waals surface area contributed by atoms with Crippen LogP contribution in [0.15, 0.2) is 35.0 Å².